The first-order valence-corrected chi connectivity index (χ1v) is 11.7. The Balaban J connectivity index is 1.87. The standard InChI is InChI=1S/C23H26IN3O4/c1-16(28)12-19-22(29-14-17-8-4-2-5-9-17)23(21(26-27-25)20(13-24)31-19)30-15-18-10-6-3-7-11-18/h2-11,19-23H,12-15H2,1H3/t19-,20-,21+,22+,23+/m1/s1. The molecule has 3 rings (SSSR count). The quantitative estimate of drug-likeness (QED) is 0.141. The molecule has 5 atom stereocenters. The second kappa shape index (κ2) is 12.2. The van der Waals surface area contributed by atoms with Gasteiger partial charge in [-0.3, -0.25) is 4.79 Å². The van der Waals surface area contributed by atoms with Crippen molar-refractivity contribution in [1.82, 2.24) is 0 Å². The highest BCUT2D eigenvalue weighted by atomic mass is 127. The van der Waals surface area contributed by atoms with Crippen LogP contribution < -0.4 is 0 Å². The van der Waals surface area contributed by atoms with Crippen LogP contribution in [-0.2, 0) is 32.2 Å². The minimum Gasteiger partial charge on any atom is -0.370 e. The topological polar surface area (TPSA) is 93.5 Å². The average Bonchev–Trinajstić information content (AvgIpc) is 2.79. The fourth-order valence-corrected chi connectivity index (χ4v) is 4.43. The van der Waals surface area contributed by atoms with Crippen LogP contribution in [0.2, 0.25) is 0 Å². The Morgan fingerprint density at radius 1 is 1.00 bits per heavy atom. The fraction of sp³-hybridized carbons (Fsp3) is 0.435. The van der Waals surface area contributed by atoms with Crippen molar-refractivity contribution >= 4 is 28.4 Å². The van der Waals surface area contributed by atoms with Crippen LogP contribution in [0, 0.1) is 0 Å². The molecule has 0 saturated carbocycles. The lowest BCUT2D eigenvalue weighted by atomic mass is 9.91. The largest absolute Gasteiger partial charge is 0.370 e. The fourth-order valence-electron chi connectivity index (χ4n) is 3.70. The van der Waals surface area contributed by atoms with E-state index in [-0.39, 0.29) is 18.3 Å². The molecule has 2 aromatic rings. The summed E-state index contributed by atoms with van der Waals surface area (Å²) in [6.07, 6.45) is -1.73. The predicted octanol–water partition coefficient (Wildman–Crippen LogP) is 5.02. The molecule has 8 heteroatoms. The molecule has 1 heterocycles. The van der Waals surface area contributed by atoms with Crippen molar-refractivity contribution in [2.24, 2.45) is 5.11 Å². The number of halogens is 1. The molecule has 31 heavy (non-hydrogen) atoms. The highest BCUT2D eigenvalue weighted by molar-refractivity contribution is 14.1. The van der Waals surface area contributed by atoms with E-state index in [1.807, 2.05) is 60.7 Å². The summed E-state index contributed by atoms with van der Waals surface area (Å²) >= 11 is 2.20. The Hall–Kier alpha value is -1.97. The van der Waals surface area contributed by atoms with Crippen LogP contribution in [0.1, 0.15) is 24.5 Å². The summed E-state index contributed by atoms with van der Waals surface area (Å²) in [5.74, 6) is 0.00885. The first-order chi connectivity index (χ1) is 15.1. The molecule has 0 bridgehead atoms. The van der Waals surface area contributed by atoms with Crippen molar-refractivity contribution in [3.8, 4) is 0 Å². The molecule has 7 nitrogen and oxygen atoms in total. The number of rotatable bonds is 10. The van der Waals surface area contributed by atoms with Gasteiger partial charge in [-0.05, 0) is 23.6 Å². The molecule has 0 amide bonds. The highest BCUT2D eigenvalue weighted by Gasteiger charge is 2.47. The molecule has 0 radical (unpaired) electrons. The Kier molecular flexibility index (Phi) is 9.30. The van der Waals surface area contributed by atoms with E-state index >= 15 is 0 Å². The summed E-state index contributed by atoms with van der Waals surface area (Å²) in [7, 11) is 0. The van der Waals surface area contributed by atoms with Crippen molar-refractivity contribution in [2.45, 2.75) is 57.0 Å². The first kappa shape index (κ1) is 23.7. The number of azide groups is 1. The zero-order valence-corrected chi connectivity index (χ0v) is 19.5. The van der Waals surface area contributed by atoms with Gasteiger partial charge in [0.2, 0.25) is 0 Å². The number of hydrogen-bond donors (Lipinski definition) is 0. The number of alkyl halides is 1. The van der Waals surface area contributed by atoms with Gasteiger partial charge in [0, 0.05) is 15.8 Å². The van der Waals surface area contributed by atoms with Crippen molar-refractivity contribution in [3.63, 3.8) is 0 Å². The van der Waals surface area contributed by atoms with E-state index in [1.54, 1.807) is 0 Å². The van der Waals surface area contributed by atoms with E-state index in [1.165, 1.54) is 6.92 Å². The molecule has 1 aliphatic heterocycles. The van der Waals surface area contributed by atoms with Gasteiger partial charge in [0.05, 0.1) is 37.6 Å². The zero-order chi connectivity index (χ0) is 22.1. The number of nitrogens with zero attached hydrogens (tertiary/aromatic N) is 3. The first-order valence-electron chi connectivity index (χ1n) is 10.2. The molecule has 0 N–H and O–H groups in total. The van der Waals surface area contributed by atoms with Crippen molar-refractivity contribution < 1.29 is 19.0 Å². The minimum atomic E-state index is -0.561. The Morgan fingerprint density at radius 3 is 2.03 bits per heavy atom. The van der Waals surface area contributed by atoms with E-state index in [9.17, 15) is 10.3 Å². The van der Waals surface area contributed by atoms with Crippen LogP contribution in [0.25, 0.3) is 10.4 Å². The molecule has 1 fully saturated rings. The number of ketones is 1. The van der Waals surface area contributed by atoms with E-state index < -0.39 is 24.4 Å². The van der Waals surface area contributed by atoms with Crippen LogP contribution in [0.3, 0.4) is 0 Å². The number of benzene rings is 2. The molecule has 2 aromatic carbocycles. The normalized spacial score (nSPS) is 25.5. The monoisotopic (exact) mass is 535 g/mol. The Labute approximate surface area is 195 Å². The van der Waals surface area contributed by atoms with Crippen LogP contribution in [-0.4, -0.2) is 40.7 Å². The van der Waals surface area contributed by atoms with Gasteiger partial charge in [0.1, 0.15) is 11.9 Å². The van der Waals surface area contributed by atoms with Gasteiger partial charge in [-0.1, -0.05) is 88.4 Å². The van der Waals surface area contributed by atoms with Crippen LogP contribution in [0.15, 0.2) is 65.8 Å². The lowest BCUT2D eigenvalue weighted by Gasteiger charge is -2.44. The minimum absolute atomic E-state index is 0.00885. The van der Waals surface area contributed by atoms with Crippen LogP contribution >= 0.6 is 22.6 Å². The molecular weight excluding hydrogens is 509 g/mol. The molecule has 0 spiro atoms. The molecular formula is C23H26IN3O4. The lowest BCUT2D eigenvalue weighted by Crippen LogP contribution is -2.59. The number of Topliss-reactive ketones (excluding diaryl/α,β-unsaturated/α-hetero) is 1. The number of ether oxygens (including phenoxy) is 3. The van der Waals surface area contributed by atoms with Crippen molar-refractivity contribution in [2.75, 3.05) is 4.43 Å². The van der Waals surface area contributed by atoms with Gasteiger partial charge >= 0.3 is 0 Å². The molecule has 1 aliphatic rings. The number of carbonyl (C=O) groups is 1. The van der Waals surface area contributed by atoms with E-state index in [4.69, 9.17) is 14.2 Å². The molecule has 0 aromatic heterocycles. The summed E-state index contributed by atoms with van der Waals surface area (Å²) in [5.41, 5.74) is 11.2. The van der Waals surface area contributed by atoms with Crippen molar-refractivity contribution in [1.29, 1.82) is 0 Å². The third-order valence-corrected chi connectivity index (χ3v) is 6.02. The maximum absolute atomic E-state index is 12.0. The molecule has 0 unspecified atom stereocenters. The van der Waals surface area contributed by atoms with E-state index in [2.05, 4.69) is 32.6 Å². The van der Waals surface area contributed by atoms with E-state index in [0.717, 1.165) is 11.1 Å². The van der Waals surface area contributed by atoms with Gasteiger partial charge in [0.25, 0.3) is 0 Å². The van der Waals surface area contributed by atoms with Gasteiger partial charge in [0.15, 0.2) is 0 Å². The number of hydrogen-bond acceptors (Lipinski definition) is 5. The van der Waals surface area contributed by atoms with Crippen LogP contribution in [0.4, 0.5) is 0 Å². The smallest absolute Gasteiger partial charge is 0.132 e. The summed E-state index contributed by atoms with van der Waals surface area (Å²) in [5, 5.41) is 4.01. The predicted molar refractivity (Wildman–Crippen MR) is 126 cm³/mol. The zero-order valence-electron chi connectivity index (χ0n) is 17.3. The summed E-state index contributed by atoms with van der Waals surface area (Å²) in [6.45, 7) is 2.22. The Morgan fingerprint density at radius 2 is 1.55 bits per heavy atom. The lowest BCUT2D eigenvalue weighted by molar-refractivity contribution is -0.211. The van der Waals surface area contributed by atoms with Crippen LogP contribution in [0.5, 0.6) is 0 Å². The summed E-state index contributed by atoms with van der Waals surface area (Å²) in [6, 6.07) is 19.0. The highest BCUT2D eigenvalue weighted by Crippen LogP contribution is 2.32. The van der Waals surface area contributed by atoms with Gasteiger partial charge in [-0.2, -0.15) is 0 Å². The van der Waals surface area contributed by atoms with Gasteiger partial charge < -0.3 is 14.2 Å². The second-order valence-corrected chi connectivity index (χ2v) is 8.37. The molecule has 164 valence electrons. The number of carbonyl (C=O) groups excluding carboxylic acids is 1. The average molecular weight is 535 g/mol. The molecule has 0 aliphatic carbocycles. The summed E-state index contributed by atoms with van der Waals surface area (Å²) < 4.78 is 19.4. The third kappa shape index (κ3) is 6.75. The third-order valence-electron chi connectivity index (χ3n) is 5.15. The SMILES string of the molecule is CC(=O)C[C@H]1O[C@H](CI)[C@H](N=[N+]=[N-])[C@H](OCc2ccccc2)[C@H]1OCc1ccccc1. The van der Waals surface area contributed by atoms with Gasteiger partial charge in [-0.15, -0.1) is 0 Å². The maximum atomic E-state index is 12.0. The van der Waals surface area contributed by atoms with Gasteiger partial charge in [-0.25, -0.2) is 0 Å². The second-order valence-electron chi connectivity index (χ2n) is 7.49. The molecule has 1 saturated heterocycles. The summed E-state index contributed by atoms with van der Waals surface area (Å²) in [4.78, 5) is 15.0. The van der Waals surface area contributed by atoms with E-state index in [0.29, 0.717) is 17.6 Å². The Bertz CT molecular complexity index is 877. The van der Waals surface area contributed by atoms with Crippen molar-refractivity contribution in [3.05, 3.63) is 82.2 Å². The maximum Gasteiger partial charge on any atom is 0.132 e.